The summed E-state index contributed by atoms with van der Waals surface area (Å²) >= 11 is 0. The lowest BCUT2D eigenvalue weighted by atomic mass is 9.97. The van der Waals surface area contributed by atoms with Crippen molar-refractivity contribution in [2.75, 3.05) is 4.90 Å². The van der Waals surface area contributed by atoms with Gasteiger partial charge in [0.15, 0.2) is 0 Å². The summed E-state index contributed by atoms with van der Waals surface area (Å²) in [6.45, 7) is 0. The first-order valence-electron chi connectivity index (χ1n) is 6.24. The Balaban J connectivity index is 2.09. The van der Waals surface area contributed by atoms with Gasteiger partial charge in [-0.2, -0.15) is 0 Å². The highest BCUT2D eigenvalue weighted by Crippen LogP contribution is 2.39. The number of hydrogen-bond donors (Lipinski definition) is 2. The molecule has 1 aliphatic heterocycles. The number of rotatable bonds is 2. The van der Waals surface area contributed by atoms with Crippen LogP contribution >= 0.6 is 7.60 Å². The first kappa shape index (κ1) is 13.1. The van der Waals surface area contributed by atoms with Gasteiger partial charge < -0.3 is 14.7 Å². The lowest BCUT2D eigenvalue weighted by Crippen LogP contribution is -2.35. The summed E-state index contributed by atoms with van der Waals surface area (Å²) in [7, 11) is -4.31. The van der Waals surface area contributed by atoms with Crippen LogP contribution in [0.4, 0.5) is 5.69 Å². The highest BCUT2D eigenvalue weighted by molar-refractivity contribution is 7.60. The Morgan fingerprint density at radius 1 is 1.10 bits per heavy atom. The summed E-state index contributed by atoms with van der Waals surface area (Å²) in [5.41, 5.74) is 1.63. The second-order valence-corrected chi connectivity index (χ2v) is 6.21. The fourth-order valence-electron chi connectivity index (χ4n) is 2.45. The molecular formula is C15H14NO3P. The molecule has 0 saturated carbocycles. The molecule has 0 radical (unpaired) electrons. The minimum absolute atomic E-state index is 0.0299. The van der Waals surface area contributed by atoms with Crippen LogP contribution in [-0.4, -0.2) is 15.8 Å². The van der Waals surface area contributed by atoms with Crippen molar-refractivity contribution in [1.82, 2.24) is 0 Å². The third-order valence-electron chi connectivity index (χ3n) is 3.34. The van der Waals surface area contributed by atoms with E-state index in [-0.39, 0.29) is 11.3 Å². The standard InChI is InChI=1S/C15H14NO3P/c17-20(18,19)15-10-4-3-9-14(15)16-11-5-7-12-6-1-2-8-13(12)16/h1-11,13H,(H2,17,18,19). The van der Waals surface area contributed by atoms with Gasteiger partial charge >= 0.3 is 7.60 Å². The third-order valence-corrected chi connectivity index (χ3v) is 4.35. The molecule has 0 fully saturated rings. The molecule has 0 saturated heterocycles. The van der Waals surface area contributed by atoms with Crippen molar-refractivity contribution in [3.63, 3.8) is 0 Å². The summed E-state index contributed by atoms with van der Waals surface area (Å²) in [5, 5.41) is 0.0499. The van der Waals surface area contributed by atoms with Crippen molar-refractivity contribution in [3.05, 3.63) is 72.5 Å². The molecule has 3 rings (SSSR count). The smallest absolute Gasteiger partial charge is 0.336 e. The molecule has 1 atom stereocenters. The summed E-state index contributed by atoms with van der Waals surface area (Å²) in [4.78, 5) is 20.9. The van der Waals surface area contributed by atoms with Crippen molar-refractivity contribution in [1.29, 1.82) is 0 Å². The van der Waals surface area contributed by atoms with Gasteiger partial charge in [0.05, 0.1) is 17.0 Å². The van der Waals surface area contributed by atoms with Crippen molar-refractivity contribution in [2.24, 2.45) is 0 Å². The molecule has 0 bridgehead atoms. The number of fused-ring (bicyclic) bond motifs is 1. The van der Waals surface area contributed by atoms with Crippen molar-refractivity contribution < 1.29 is 14.4 Å². The van der Waals surface area contributed by atoms with Crippen LogP contribution in [0.3, 0.4) is 0 Å². The van der Waals surface area contributed by atoms with Gasteiger partial charge in [-0.15, -0.1) is 0 Å². The largest absolute Gasteiger partial charge is 0.358 e. The van der Waals surface area contributed by atoms with Crippen molar-refractivity contribution in [3.8, 4) is 0 Å². The molecule has 2 aliphatic rings. The minimum atomic E-state index is -4.31. The van der Waals surface area contributed by atoms with E-state index in [0.29, 0.717) is 5.69 Å². The Morgan fingerprint density at radius 3 is 2.70 bits per heavy atom. The van der Waals surface area contributed by atoms with E-state index in [1.54, 1.807) is 18.2 Å². The number of anilines is 1. The van der Waals surface area contributed by atoms with Gasteiger partial charge in [0.1, 0.15) is 0 Å². The monoisotopic (exact) mass is 287 g/mol. The summed E-state index contributed by atoms with van der Waals surface area (Å²) in [6, 6.07) is 6.59. The molecule has 5 heteroatoms. The molecule has 1 aromatic carbocycles. The van der Waals surface area contributed by atoms with Gasteiger partial charge in [-0.3, -0.25) is 4.57 Å². The number of para-hydroxylation sites is 1. The van der Waals surface area contributed by atoms with E-state index < -0.39 is 7.60 Å². The molecule has 0 spiro atoms. The quantitative estimate of drug-likeness (QED) is 0.819. The van der Waals surface area contributed by atoms with Gasteiger partial charge in [0, 0.05) is 6.20 Å². The Morgan fingerprint density at radius 2 is 1.90 bits per heavy atom. The molecule has 102 valence electrons. The minimum Gasteiger partial charge on any atom is -0.336 e. The van der Waals surface area contributed by atoms with Crippen LogP contribution in [0.5, 0.6) is 0 Å². The first-order valence-corrected chi connectivity index (χ1v) is 7.85. The summed E-state index contributed by atoms with van der Waals surface area (Å²) in [6.07, 6.45) is 13.6. The second kappa shape index (κ2) is 4.91. The lowest BCUT2D eigenvalue weighted by molar-refractivity contribution is 0.387. The molecule has 2 N–H and O–H groups in total. The molecule has 0 aromatic heterocycles. The van der Waals surface area contributed by atoms with Gasteiger partial charge in [0.2, 0.25) is 0 Å². The summed E-state index contributed by atoms with van der Waals surface area (Å²) in [5.74, 6) is 0. The molecular weight excluding hydrogens is 273 g/mol. The maximum atomic E-state index is 11.7. The van der Waals surface area contributed by atoms with E-state index in [1.807, 2.05) is 47.6 Å². The first-order chi connectivity index (χ1) is 9.57. The SMILES string of the molecule is O=P(O)(O)c1ccccc1N1C=CC=C2C=CC=CC21. The van der Waals surface area contributed by atoms with Crippen LogP contribution in [0.15, 0.2) is 72.5 Å². The Bertz CT molecular complexity index is 697. The van der Waals surface area contributed by atoms with Crippen LogP contribution in [0, 0.1) is 0 Å². The van der Waals surface area contributed by atoms with Crippen LogP contribution in [0.1, 0.15) is 0 Å². The predicted octanol–water partition coefficient (Wildman–Crippen LogP) is 2.24. The summed E-state index contributed by atoms with van der Waals surface area (Å²) < 4.78 is 11.7. The van der Waals surface area contributed by atoms with E-state index in [2.05, 4.69) is 0 Å². The molecule has 4 nitrogen and oxygen atoms in total. The maximum absolute atomic E-state index is 11.7. The van der Waals surface area contributed by atoms with E-state index in [1.165, 1.54) is 6.07 Å². The topological polar surface area (TPSA) is 60.8 Å². The number of allylic oxidation sites excluding steroid dienone is 4. The van der Waals surface area contributed by atoms with Gasteiger partial charge in [-0.1, -0.05) is 42.5 Å². The van der Waals surface area contributed by atoms with E-state index in [4.69, 9.17) is 0 Å². The average Bonchev–Trinajstić information content (AvgIpc) is 2.46. The predicted molar refractivity (Wildman–Crippen MR) is 79.9 cm³/mol. The fraction of sp³-hybridized carbons (Fsp3) is 0.0667. The van der Waals surface area contributed by atoms with E-state index in [9.17, 15) is 14.4 Å². The third kappa shape index (κ3) is 2.29. The molecule has 1 aliphatic carbocycles. The van der Waals surface area contributed by atoms with Crippen LogP contribution < -0.4 is 10.2 Å². The van der Waals surface area contributed by atoms with Gasteiger partial charge in [-0.05, 0) is 23.8 Å². The Labute approximate surface area is 117 Å². The molecule has 1 unspecified atom stereocenters. The maximum Gasteiger partial charge on any atom is 0.358 e. The van der Waals surface area contributed by atoms with Gasteiger partial charge in [0.25, 0.3) is 0 Å². The highest BCUT2D eigenvalue weighted by Gasteiger charge is 2.28. The Hall–Kier alpha value is -1.87. The zero-order valence-corrected chi connectivity index (χ0v) is 11.5. The Kier molecular flexibility index (Phi) is 3.22. The molecule has 1 heterocycles. The molecule has 1 aromatic rings. The van der Waals surface area contributed by atoms with Gasteiger partial charge in [-0.25, -0.2) is 0 Å². The number of benzene rings is 1. The average molecular weight is 287 g/mol. The second-order valence-electron chi connectivity index (χ2n) is 4.64. The molecule has 0 amide bonds. The van der Waals surface area contributed by atoms with E-state index in [0.717, 1.165) is 5.57 Å². The van der Waals surface area contributed by atoms with Crippen molar-refractivity contribution >= 4 is 18.6 Å². The number of hydrogen-bond acceptors (Lipinski definition) is 2. The van der Waals surface area contributed by atoms with Crippen LogP contribution in [-0.2, 0) is 4.57 Å². The van der Waals surface area contributed by atoms with E-state index >= 15 is 0 Å². The fourth-order valence-corrected chi connectivity index (χ4v) is 3.22. The molecule has 20 heavy (non-hydrogen) atoms. The highest BCUT2D eigenvalue weighted by atomic mass is 31.2. The zero-order valence-electron chi connectivity index (χ0n) is 10.6. The number of nitrogens with zero attached hydrogens (tertiary/aromatic N) is 1. The normalized spacial score (nSPS) is 20.8. The van der Waals surface area contributed by atoms with Crippen molar-refractivity contribution in [2.45, 2.75) is 6.04 Å². The zero-order chi connectivity index (χ0) is 14.2. The lowest BCUT2D eigenvalue weighted by Gasteiger charge is -2.34. The van der Waals surface area contributed by atoms with Crippen LogP contribution in [0.25, 0.3) is 0 Å². The van der Waals surface area contributed by atoms with Crippen LogP contribution in [0.2, 0.25) is 0 Å².